The molecule has 170 valence electrons. The molecule has 5 rings (SSSR count). The minimum Gasteiger partial charge on any atom is -0.490 e. The molecule has 2 heterocycles. The summed E-state index contributed by atoms with van der Waals surface area (Å²) in [5, 5.41) is 23.1. The fourth-order valence-corrected chi connectivity index (χ4v) is 5.21. The van der Waals surface area contributed by atoms with Crippen molar-refractivity contribution in [2.45, 2.75) is 45.3 Å². The molecule has 0 spiro atoms. The van der Waals surface area contributed by atoms with Crippen LogP contribution in [0.2, 0.25) is 0 Å². The molecule has 0 bridgehead atoms. The number of carbonyl (C=O) groups excluding carboxylic acids is 1. The van der Waals surface area contributed by atoms with E-state index in [9.17, 15) is 10.1 Å². The van der Waals surface area contributed by atoms with Gasteiger partial charge < -0.3 is 10.1 Å². The van der Waals surface area contributed by atoms with E-state index in [0.29, 0.717) is 23.4 Å². The number of aliphatic imine (C=N–C) groups is 1. The Morgan fingerprint density at radius 3 is 2.85 bits per heavy atom. The summed E-state index contributed by atoms with van der Waals surface area (Å²) in [6.07, 6.45) is 5.82. The molecule has 0 saturated carbocycles. The highest BCUT2D eigenvalue weighted by molar-refractivity contribution is 7.17. The molecule has 1 N–H and O–H groups in total. The van der Waals surface area contributed by atoms with Crippen LogP contribution in [-0.2, 0) is 11.2 Å². The van der Waals surface area contributed by atoms with Crippen LogP contribution >= 0.6 is 11.3 Å². The Morgan fingerprint density at radius 1 is 1.24 bits per heavy atom. The van der Waals surface area contributed by atoms with Gasteiger partial charge in [-0.1, -0.05) is 35.6 Å². The van der Waals surface area contributed by atoms with Gasteiger partial charge in [0.2, 0.25) is 0 Å². The second-order valence-corrected chi connectivity index (χ2v) is 9.48. The number of aromatic nitrogens is 2. The first-order chi connectivity index (χ1) is 16.5. The van der Waals surface area contributed by atoms with Crippen molar-refractivity contribution in [1.82, 2.24) is 15.5 Å². The number of allylic oxidation sites excluding steroid dienone is 1. The predicted octanol–water partition coefficient (Wildman–Crippen LogP) is 4.99. The molecule has 1 amide bonds. The molecular formula is C26H23N5O2S. The first-order valence-corrected chi connectivity index (χ1v) is 12.0. The summed E-state index contributed by atoms with van der Waals surface area (Å²) in [5.74, 6) is 0.462. The second kappa shape index (κ2) is 9.20. The van der Waals surface area contributed by atoms with E-state index in [1.165, 1.54) is 16.9 Å². The summed E-state index contributed by atoms with van der Waals surface area (Å²) < 4.78 is 5.73. The number of benzene rings is 2. The van der Waals surface area contributed by atoms with Crippen LogP contribution in [0.1, 0.15) is 49.4 Å². The number of amides is 1. The number of nitrogens with one attached hydrogen (secondary N) is 1. The number of fused-ring (bicyclic) bond motifs is 1. The molecule has 0 radical (unpaired) electrons. The molecule has 3 aromatic rings. The van der Waals surface area contributed by atoms with Gasteiger partial charge in [0.15, 0.2) is 0 Å². The summed E-state index contributed by atoms with van der Waals surface area (Å²) in [7, 11) is 0. The Balaban J connectivity index is 1.40. The Kier molecular flexibility index (Phi) is 5.95. The summed E-state index contributed by atoms with van der Waals surface area (Å²) >= 11 is 1.49. The first-order valence-electron chi connectivity index (χ1n) is 11.2. The molecule has 0 saturated heterocycles. The average molecular weight is 470 g/mol. The highest BCUT2D eigenvalue weighted by atomic mass is 32.1. The zero-order chi connectivity index (χ0) is 23.7. The zero-order valence-electron chi connectivity index (χ0n) is 18.9. The van der Waals surface area contributed by atoms with Gasteiger partial charge in [0.1, 0.15) is 27.5 Å². The molecule has 7 nitrogen and oxygen atoms in total. The number of hydrogen-bond donors (Lipinski definition) is 1. The highest BCUT2D eigenvalue weighted by Crippen LogP contribution is 2.40. The Hall–Kier alpha value is -3.83. The molecule has 1 aliphatic heterocycles. The normalized spacial score (nSPS) is 16.3. The van der Waals surface area contributed by atoms with E-state index >= 15 is 0 Å². The SMILES string of the molecule is CC(C)Oc1ccc(-c2nnc(-c3cccc4c3CC[C@@H]4NC(=O)C3=NC=CC3)s2)cc1C#N. The van der Waals surface area contributed by atoms with Crippen LogP contribution in [0.25, 0.3) is 21.1 Å². The quantitative estimate of drug-likeness (QED) is 0.548. The summed E-state index contributed by atoms with van der Waals surface area (Å²) in [4.78, 5) is 16.7. The fourth-order valence-electron chi connectivity index (χ4n) is 4.31. The maximum Gasteiger partial charge on any atom is 0.266 e. The average Bonchev–Trinajstić information content (AvgIpc) is 3.60. The lowest BCUT2D eigenvalue weighted by molar-refractivity contribution is -0.115. The number of nitriles is 1. The van der Waals surface area contributed by atoms with Crippen LogP contribution < -0.4 is 10.1 Å². The topological polar surface area (TPSA) is 100 Å². The van der Waals surface area contributed by atoms with Crippen LogP contribution in [0.15, 0.2) is 53.7 Å². The van der Waals surface area contributed by atoms with E-state index in [1.807, 2.05) is 38.1 Å². The van der Waals surface area contributed by atoms with Gasteiger partial charge in [-0.3, -0.25) is 9.79 Å². The molecule has 0 fully saturated rings. The number of carbonyl (C=O) groups is 1. The second-order valence-electron chi connectivity index (χ2n) is 8.50. The molecule has 8 heteroatoms. The van der Waals surface area contributed by atoms with Gasteiger partial charge in [0.25, 0.3) is 5.91 Å². The smallest absolute Gasteiger partial charge is 0.266 e. The van der Waals surface area contributed by atoms with Crippen molar-refractivity contribution in [2.75, 3.05) is 0 Å². The molecular weight excluding hydrogens is 446 g/mol. The van der Waals surface area contributed by atoms with Gasteiger partial charge in [-0.2, -0.15) is 5.26 Å². The first kappa shape index (κ1) is 22.0. The lowest BCUT2D eigenvalue weighted by Gasteiger charge is -2.14. The summed E-state index contributed by atoms with van der Waals surface area (Å²) in [6.45, 7) is 3.86. The predicted molar refractivity (Wildman–Crippen MR) is 132 cm³/mol. The van der Waals surface area contributed by atoms with E-state index in [4.69, 9.17) is 4.74 Å². The van der Waals surface area contributed by atoms with Crippen LogP contribution in [0.4, 0.5) is 0 Å². The minimum atomic E-state index is -0.107. The largest absolute Gasteiger partial charge is 0.490 e. The standard InChI is InChI=1S/C26H23N5O2S/c1-15(2)33-23-11-8-16(13-17(23)14-27)25-30-31-26(34-25)20-6-3-5-19-18(20)9-10-21(19)29-24(32)22-7-4-12-28-22/h3-6,8,11-13,15,21H,7,9-10H2,1-2H3,(H,29,32)/t21-/m0/s1. The molecule has 0 unspecified atom stereocenters. The third kappa shape index (κ3) is 4.22. The Bertz CT molecular complexity index is 1370. The van der Waals surface area contributed by atoms with E-state index in [2.05, 4.69) is 38.7 Å². The van der Waals surface area contributed by atoms with Gasteiger partial charge in [-0.05, 0) is 56.0 Å². The van der Waals surface area contributed by atoms with E-state index in [1.54, 1.807) is 12.3 Å². The highest BCUT2D eigenvalue weighted by Gasteiger charge is 2.28. The molecule has 1 atom stereocenters. The lowest BCUT2D eigenvalue weighted by Crippen LogP contribution is -2.32. The third-order valence-electron chi connectivity index (χ3n) is 5.85. The lowest BCUT2D eigenvalue weighted by atomic mass is 10.0. The molecule has 1 aliphatic carbocycles. The maximum atomic E-state index is 12.5. The number of rotatable bonds is 6. The van der Waals surface area contributed by atoms with Gasteiger partial charge >= 0.3 is 0 Å². The van der Waals surface area contributed by atoms with Gasteiger partial charge in [-0.25, -0.2) is 0 Å². The summed E-state index contributed by atoms with van der Waals surface area (Å²) in [6, 6.07) is 13.8. The van der Waals surface area contributed by atoms with Gasteiger partial charge in [0.05, 0.1) is 17.7 Å². The fraction of sp³-hybridized carbons (Fsp3) is 0.269. The van der Waals surface area contributed by atoms with Crippen LogP contribution in [-0.4, -0.2) is 27.9 Å². The Labute approximate surface area is 201 Å². The maximum absolute atomic E-state index is 12.5. The van der Waals surface area contributed by atoms with Crippen molar-refractivity contribution in [3.05, 3.63) is 65.4 Å². The third-order valence-corrected chi connectivity index (χ3v) is 6.86. The zero-order valence-corrected chi connectivity index (χ0v) is 19.7. The van der Waals surface area contributed by atoms with Crippen molar-refractivity contribution in [3.8, 4) is 33.0 Å². The van der Waals surface area contributed by atoms with Crippen LogP contribution in [0, 0.1) is 11.3 Å². The number of hydrogen-bond acceptors (Lipinski definition) is 7. The Morgan fingerprint density at radius 2 is 2.09 bits per heavy atom. The van der Waals surface area contributed by atoms with Crippen LogP contribution in [0.5, 0.6) is 5.75 Å². The summed E-state index contributed by atoms with van der Waals surface area (Å²) in [5.41, 5.74) is 5.22. The monoisotopic (exact) mass is 469 g/mol. The molecule has 34 heavy (non-hydrogen) atoms. The van der Waals surface area contributed by atoms with E-state index in [-0.39, 0.29) is 18.1 Å². The number of ether oxygens (including phenoxy) is 1. The van der Waals surface area contributed by atoms with E-state index in [0.717, 1.165) is 39.5 Å². The number of nitrogens with zero attached hydrogens (tertiary/aromatic N) is 4. The minimum absolute atomic E-state index is 0.0114. The van der Waals surface area contributed by atoms with Gasteiger partial charge in [-0.15, -0.1) is 10.2 Å². The molecule has 2 aliphatic rings. The van der Waals surface area contributed by atoms with Crippen LogP contribution in [0.3, 0.4) is 0 Å². The van der Waals surface area contributed by atoms with Crippen molar-refractivity contribution >= 4 is 23.0 Å². The van der Waals surface area contributed by atoms with E-state index < -0.39 is 0 Å². The molecule has 2 aromatic carbocycles. The van der Waals surface area contributed by atoms with Crippen molar-refractivity contribution in [1.29, 1.82) is 5.26 Å². The van der Waals surface area contributed by atoms with Crippen molar-refractivity contribution in [3.63, 3.8) is 0 Å². The van der Waals surface area contributed by atoms with Gasteiger partial charge in [0, 0.05) is 23.7 Å². The van der Waals surface area contributed by atoms with Crippen molar-refractivity contribution in [2.24, 2.45) is 4.99 Å². The van der Waals surface area contributed by atoms with Crippen molar-refractivity contribution < 1.29 is 9.53 Å². The molecule has 1 aromatic heterocycles.